The van der Waals surface area contributed by atoms with E-state index in [1.165, 1.54) is 0 Å². The molecular weight excluding hydrogens is 204 g/mol. The number of hydrogen-bond donors (Lipinski definition) is 4. The van der Waals surface area contributed by atoms with Crippen molar-refractivity contribution < 1.29 is 36.2 Å². The van der Waals surface area contributed by atoms with Gasteiger partial charge in [-0.1, -0.05) is 0 Å². The predicted octanol–water partition coefficient (Wildman–Crippen LogP) is -2.64. The van der Waals surface area contributed by atoms with E-state index in [0.29, 0.717) is 0 Å². The van der Waals surface area contributed by atoms with Crippen LogP contribution in [0, 0.1) is 0 Å². The van der Waals surface area contributed by atoms with Crippen LogP contribution in [0.3, 0.4) is 0 Å². The second-order valence-corrected chi connectivity index (χ2v) is 4.80. The predicted molar refractivity (Wildman–Crippen MR) is 30.3 cm³/mol. The zero-order valence-corrected chi connectivity index (χ0v) is 6.37. The summed E-state index contributed by atoms with van der Waals surface area (Å²) >= 11 is 0. The first-order chi connectivity index (χ1) is 4.50. The normalized spacial score (nSPS) is 14.9. The molecule has 0 aromatic heterocycles. The van der Waals surface area contributed by atoms with Gasteiger partial charge in [-0.05, 0) is 0 Å². The lowest BCUT2D eigenvalue weighted by Crippen LogP contribution is -2.45. The molecule has 0 fully saturated rings. The topological polar surface area (TPSA) is 149 Å². The molecule has 0 radical (unpaired) electrons. The molecule has 8 nitrogen and oxygen atoms in total. The van der Waals surface area contributed by atoms with E-state index in [4.69, 9.17) is 19.3 Å². The van der Waals surface area contributed by atoms with Crippen molar-refractivity contribution in [2.24, 2.45) is 0 Å². The van der Waals surface area contributed by atoms with Gasteiger partial charge in [-0.25, -0.2) is 0 Å². The van der Waals surface area contributed by atoms with Crippen molar-refractivity contribution in [3.63, 3.8) is 0 Å². The molecule has 0 saturated carbocycles. The van der Waals surface area contributed by atoms with Gasteiger partial charge in [0.25, 0.3) is 0 Å². The van der Waals surface area contributed by atoms with Crippen molar-refractivity contribution in [2.45, 2.75) is 4.45 Å². The molecule has 0 aliphatic heterocycles. The van der Waals surface area contributed by atoms with Crippen molar-refractivity contribution in [3.05, 3.63) is 0 Å². The molecule has 0 rings (SSSR count). The van der Waals surface area contributed by atoms with Crippen LogP contribution in [0.5, 0.6) is 0 Å². The van der Waals surface area contributed by atoms with Gasteiger partial charge in [0.1, 0.15) is 0 Å². The zero-order valence-electron chi connectivity index (χ0n) is 4.74. The molecule has 0 saturated heterocycles. The lowest BCUT2D eigenvalue weighted by molar-refractivity contribution is -0.0252. The molecule has 0 bridgehead atoms. The fourth-order valence-electron chi connectivity index (χ4n) is 0.133. The van der Waals surface area contributed by atoms with Crippen molar-refractivity contribution in [1.82, 2.24) is 0 Å². The van der Waals surface area contributed by atoms with Gasteiger partial charge in [0.2, 0.25) is 0 Å². The highest BCUT2D eigenvalue weighted by Gasteiger charge is 2.52. The Morgan fingerprint density at radius 3 is 1.00 bits per heavy atom. The third kappa shape index (κ3) is 1.85. The summed E-state index contributed by atoms with van der Waals surface area (Å²) in [4.78, 5) is 0. The van der Waals surface area contributed by atoms with Gasteiger partial charge < -0.3 is 10.2 Å². The van der Waals surface area contributed by atoms with Crippen molar-refractivity contribution >= 4 is 20.2 Å². The fourth-order valence-corrected chi connectivity index (χ4v) is 1.20. The molecule has 10 heteroatoms. The molecule has 0 aromatic rings. The third-order valence-corrected chi connectivity index (χ3v) is 3.28. The first-order valence-electron chi connectivity index (χ1n) is 1.89. The van der Waals surface area contributed by atoms with Gasteiger partial charge >= 0.3 is 24.7 Å². The Morgan fingerprint density at radius 2 is 1.00 bits per heavy atom. The monoisotopic (exact) mass is 208 g/mol. The van der Waals surface area contributed by atoms with Crippen LogP contribution in [0.2, 0.25) is 0 Å². The Kier molecular flexibility index (Phi) is 2.31. The highest BCUT2D eigenvalue weighted by Crippen LogP contribution is 2.14. The smallest absolute Gasteiger partial charge is 0.338 e. The summed E-state index contributed by atoms with van der Waals surface area (Å²) in [6, 6.07) is 0. The average Bonchev–Trinajstić information content (AvgIpc) is 1.58. The molecule has 0 aromatic carbocycles. The molecule has 4 N–H and O–H groups in total. The molecule has 0 aliphatic rings. The zero-order chi connectivity index (χ0) is 9.50. The van der Waals surface area contributed by atoms with E-state index >= 15 is 0 Å². The summed E-state index contributed by atoms with van der Waals surface area (Å²) in [6.45, 7) is 0. The summed E-state index contributed by atoms with van der Waals surface area (Å²) in [6.07, 6.45) is 0. The first-order valence-corrected chi connectivity index (χ1v) is 4.77. The Morgan fingerprint density at radius 1 is 0.818 bits per heavy atom. The summed E-state index contributed by atoms with van der Waals surface area (Å²) in [7, 11) is -11.4. The maximum Gasteiger partial charge on any atom is 0.425 e. The van der Waals surface area contributed by atoms with E-state index in [1.54, 1.807) is 0 Å². The van der Waals surface area contributed by atoms with Crippen LogP contribution in [0.15, 0.2) is 0 Å². The summed E-state index contributed by atoms with van der Waals surface area (Å²) in [5.41, 5.74) is 0. The fraction of sp³-hybridized carbons (Fsp3) is 1.00. The lowest BCUT2D eigenvalue weighted by atomic mass is 11.5. The maximum absolute atomic E-state index is 9.82. The Labute approximate surface area is 61.6 Å². The molecule has 0 aliphatic carbocycles. The standard InChI is InChI=1S/CH4O8S2/c2-1(3,10(4,5)6)11(7,8)9/h2-3H,(H,4,5,6)(H,7,8,9). The van der Waals surface area contributed by atoms with E-state index in [-0.39, 0.29) is 0 Å². The minimum atomic E-state index is -5.69. The van der Waals surface area contributed by atoms with Gasteiger partial charge in [0, 0.05) is 0 Å². The second-order valence-electron chi connectivity index (χ2n) is 1.50. The Balaban J connectivity index is 5.45. The van der Waals surface area contributed by atoms with E-state index in [1.807, 2.05) is 0 Å². The lowest BCUT2D eigenvalue weighted by Gasteiger charge is -2.12. The Hall–Kier alpha value is -0.260. The molecule has 0 heterocycles. The van der Waals surface area contributed by atoms with Crippen LogP contribution in [0.4, 0.5) is 0 Å². The first kappa shape index (κ1) is 10.7. The van der Waals surface area contributed by atoms with Crippen LogP contribution in [-0.4, -0.2) is 40.6 Å². The largest absolute Gasteiger partial charge is 0.425 e. The van der Waals surface area contributed by atoms with Crippen LogP contribution in [0.25, 0.3) is 0 Å². The molecule has 68 valence electrons. The highest BCUT2D eigenvalue weighted by atomic mass is 32.3. The molecule has 0 atom stereocenters. The van der Waals surface area contributed by atoms with Crippen molar-refractivity contribution in [3.8, 4) is 0 Å². The van der Waals surface area contributed by atoms with E-state index < -0.39 is 24.7 Å². The van der Waals surface area contributed by atoms with Crippen molar-refractivity contribution in [1.29, 1.82) is 0 Å². The van der Waals surface area contributed by atoms with Crippen LogP contribution in [-0.2, 0) is 20.2 Å². The number of rotatable bonds is 2. The quantitative estimate of drug-likeness (QED) is 0.284. The second kappa shape index (κ2) is 2.36. The summed E-state index contributed by atoms with van der Waals surface area (Å²) < 4.78 is 50.3. The van der Waals surface area contributed by atoms with E-state index in [9.17, 15) is 16.8 Å². The van der Waals surface area contributed by atoms with Crippen LogP contribution >= 0.6 is 0 Å². The van der Waals surface area contributed by atoms with E-state index in [0.717, 1.165) is 0 Å². The Bertz CT molecular complexity index is 294. The molecule has 0 amide bonds. The van der Waals surface area contributed by atoms with Gasteiger partial charge in [0.05, 0.1) is 0 Å². The van der Waals surface area contributed by atoms with Crippen molar-refractivity contribution in [2.75, 3.05) is 0 Å². The SMILES string of the molecule is O=S(=O)(O)C(O)(O)S(=O)(=O)O. The maximum atomic E-state index is 9.82. The number of hydrogen-bond acceptors (Lipinski definition) is 6. The third-order valence-electron chi connectivity index (χ3n) is 0.672. The highest BCUT2D eigenvalue weighted by molar-refractivity contribution is 8.04. The summed E-state index contributed by atoms with van der Waals surface area (Å²) in [5, 5.41) is 16.1. The number of aliphatic hydroxyl groups is 2. The van der Waals surface area contributed by atoms with Crippen LogP contribution in [0.1, 0.15) is 0 Å². The van der Waals surface area contributed by atoms with E-state index in [2.05, 4.69) is 0 Å². The summed E-state index contributed by atoms with van der Waals surface area (Å²) in [5.74, 6) is 0. The van der Waals surface area contributed by atoms with Gasteiger partial charge in [-0.2, -0.15) is 16.8 Å². The molecule has 0 spiro atoms. The average molecular weight is 208 g/mol. The molecule has 11 heavy (non-hydrogen) atoms. The van der Waals surface area contributed by atoms with Gasteiger partial charge in [-0.3, -0.25) is 9.11 Å². The minimum Gasteiger partial charge on any atom is -0.338 e. The minimum absolute atomic E-state index is 4.57. The van der Waals surface area contributed by atoms with Crippen LogP contribution < -0.4 is 0 Å². The molecular formula is CH4O8S2. The molecule has 0 unspecified atom stereocenters. The van der Waals surface area contributed by atoms with Gasteiger partial charge in [0.15, 0.2) is 0 Å². The van der Waals surface area contributed by atoms with Gasteiger partial charge in [-0.15, -0.1) is 0 Å².